The van der Waals surface area contributed by atoms with E-state index in [4.69, 9.17) is 14.2 Å². The fraction of sp³-hybridized carbons (Fsp3) is 0.704. The van der Waals surface area contributed by atoms with Crippen molar-refractivity contribution in [2.75, 3.05) is 19.9 Å². The summed E-state index contributed by atoms with van der Waals surface area (Å²) in [6.45, 7) is 7.04. The zero-order valence-corrected chi connectivity index (χ0v) is 21.5. The highest BCUT2D eigenvalue weighted by molar-refractivity contribution is 5.76. The highest BCUT2D eigenvalue weighted by Crippen LogP contribution is 2.61. The molecule has 2 aliphatic carbocycles. The van der Waals surface area contributed by atoms with Gasteiger partial charge in [-0.15, -0.1) is 0 Å². The lowest BCUT2D eigenvalue weighted by molar-refractivity contribution is -0.186. The third-order valence-electron chi connectivity index (χ3n) is 8.78. The van der Waals surface area contributed by atoms with Gasteiger partial charge in [0.25, 0.3) is 0 Å². The first-order valence-corrected chi connectivity index (χ1v) is 13.1. The average Bonchev–Trinajstić information content (AvgIpc) is 3.33. The van der Waals surface area contributed by atoms with E-state index in [1.807, 2.05) is 32.0 Å². The molecule has 2 fully saturated rings. The Morgan fingerprint density at radius 3 is 2.67 bits per heavy atom. The molecule has 2 saturated carbocycles. The van der Waals surface area contributed by atoms with E-state index in [2.05, 4.69) is 17.6 Å². The summed E-state index contributed by atoms with van der Waals surface area (Å²) in [5.74, 6) is 0.993. The molecule has 200 valence electrons. The molecule has 2 amide bonds. The number of aliphatic hydroxyl groups is 2. The smallest absolute Gasteiger partial charge is 0.407 e. The number of alkyl carbamates (subject to hydrolysis) is 1. The minimum absolute atomic E-state index is 0.00258. The Hall–Kier alpha value is -2.52. The fourth-order valence-corrected chi connectivity index (χ4v) is 6.70. The van der Waals surface area contributed by atoms with Crippen molar-refractivity contribution in [3.05, 3.63) is 23.8 Å². The van der Waals surface area contributed by atoms with Crippen LogP contribution in [-0.4, -0.2) is 54.4 Å². The normalized spacial score (nSPS) is 32.9. The van der Waals surface area contributed by atoms with Crippen molar-refractivity contribution >= 4 is 12.0 Å². The first-order valence-electron chi connectivity index (χ1n) is 13.1. The molecule has 36 heavy (non-hydrogen) atoms. The summed E-state index contributed by atoms with van der Waals surface area (Å²) in [5, 5.41) is 27.2. The van der Waals surface area contributed by atoms with Crippen LogP contribution in [-0.2, 0) is 16.1 Å². The van der Waals surface area contributed by atoms with Gasteiger partial charge in [0.05, 0.1) is 12.7 Å². The van der Waals surface area contributed by atoms with Gasteiger partial charge in [0.2, 0.25) is 12.7 Å². The molecule has 3 aliphatic rings. The fourth-order valence-electron chi connectivity index (χ4n) is 6.70. The molecule has 0 bridgehead atoms. The van der Waals surface area contributed by atoms with Crippen molar-refractivity contribution < 1.29 is 34.0 Å². The van der Waals surface area contributed by atoms with Crippen molar-refractivity contribution in [1.29, 1.82) is 0 Å². The summed E-state index contributed by atoms with van der Waals surface area (Å²) in [6.07, 6.45) is 2.06. The van der Waals surface area contributed by atoms with E-state index in [0.717, 1.165) is 12.0 Å². The van der Waals surface area contributed by atoms with Gasteiger partial charge < -0.3 is 35.1 Å². The molecule has 1 heterocycles. The second kappa shape index (κ2) is 10.8. The van der Waals surface area contributed by atoms with Crippen LogP contribution in [0.3, 0.4) is 0 Å². The van der Waals surface area contributed by atoms with Crippen LogP contribution in [0, 0.1) is 22.7 Å². The summed E-state index contributed by atoms with van der Waals surface area (Å²) >= 11 is 0. The second-order valence-electron chi connectivity index (χ2n) is 11.0. The largest absolute Gasteiger partial charge is 0.454 e. The van der Waals surface area contributed by atoms with E-state index in [1.54, 1.807) is 0 Å². The Balaban J connectivity index is 1.43. The Morgan fingerprint density at radius 2 is 1.92 bits per heavy atom. The first-order chi connectivity index (χ1) is 17.2. The molecule has 4 N–H and O–H groups in total. The molecule has 4 rings (SSSR count). The number of rotatable bonds is 8. The van der Waals surface area contributed by atoms with E-state index in [1.165, 1.54) is 0 Å². The van der Waals surface area contributed by atoms with E-state index in [9.17, 15) is 19.8 Å². The number of benzene rings is 1. The van der Waals surface area contributed by atoms with Gasteiger partial charge in [0.1, 0.15) is 6.10 Å². The van der Waals surface area contributed by atoms with Gasteiger partial charge in [-0.1, -0.05) is 26.8 Å². The van der Waals surface area contributed by atoms with Crippen molar-refractivity contribution in [2.45, 2.75) is 78.0 Å². The maximum Gasteiger partial charge on any atom is 0.407 e. The van der Waals surface area contributed by atoms with Crippen LogP contribution in [0.25, 0.3) is 0 Å². The zero-order chi connectivity index (χ0) is 25.9. The minimum Gasteiger partial charge on any atom is -0.454 e. The van der Waals surface area contributed by atoms with Crippen LogP contribution in [0.4, 0.5) is 4.79 Å². The van der Waals surface area contributed by atoms with Crippen LogP contribution in [0.1, 0.15) is 64.9 Å². The molecule has 0 spiro atoms. The first kappa shape index (κ1) is 26.5. The Labute approximate surface area is 212 Å². The van der Waals surface area contributed by atoms with Crippen LogP contribution in [0.5, 0.6) is 11.5 Å². The van der Waals surface area contributed by atoms with Gasteiger partial charge >= 0.3 is 6.09 Å². The minimum atomic E-state index is -0.655. The number of hydrogen-bond donors (Lipinski definition) is 4. The predicted octanol–water partition coefficient (Wildman–Crippen LogP) is 3.11. The van der Waals surface area contributed by atoms with Crippen molar-refractivity contribution in [3.63, 3.8) is 0 Å². The lowest BCUT2D eigenvalue weighted by atomic mass is 9.46. The molecule has 0 unspecified atom stereocenters. The SMILES string of the molecule is CCCNC(=O)O[C@H]1CC[C@@]2(C)[C@@H](CC[C@@H](O)[C@H]2CC(=O)NCc2ccc3c(c2)OCO3)[C@]1(C)CO. The van der Waals surface area contributed by atoms with E-state index >= 15 is 0 Å². The molecule has 6 atom stereocenters. The summed E-state index contributed by atoms with van der Waals surface area (Å²) in [7, 11) is 0. The average molecular weight is 505 g/mol. The van der Waals surface area contributed by atoms with Gasteiger partial charge in [-0.05, 0) is 67.1 Å². The second-order valence-corrected chi connectivity index (χ2v) is 11.0. The molecule has 0 saturated heterocycles. The van der Waals surface area contributed by atoms with E-state index in [-0.39, 0.29) is 43.0 Å². The molecule has 1 aromatic rings. The molecule has 0 aromatic heterocycles. The maximum atomic E-state index is 13.0. The van der Waals surface area contributed by atoms with E-state index < -0.39 is 23.7 Å². The van der Waals surface area contributed by atoms with Crippen LogP contribution < -0.4 is 20.1 Å². The van der Waals surface area contributed by atoms with Gasteiger partial charge in [0, 0.05) is 24.9 Å². The summed E-state index contributed by atoms with van der Waals surface area (Å²) in [5.41, 5.74) is -0.115. The topological polar surface area (TPSA) is 126 Å². The molecular weight excluding hydrogens is 464 g/mol. The van der Waals surface area contributed by atoms with Crippen molar-refractivity contribution in [2.24, 2.45) is 22.7 Å². The van der Waals surface area contributed by atoms with Crippen LogP contribution in [0.15, 0.2) is 18.2 Å². The van der Waals surface area contributed by atoms with Gasteiger partial charge in [-0.2, -0.15) is 0 Å². The lowest BCUT2D eigenvalue weighted by Gasteiger charge is -2.60. The van der Waals surface area contributed by atoms with Gasteiger partial charge in [0.15, 0.2) is 11.5 Å². The molecular formula is C27H40N2O7. The number of ether oxygens (including phenoxy) is 3. The standard InChI is InChI=1S/C27H40N2O7/c1-4-11-28-25(33)36-23-9-10-26(2)18(19(31)6-8-22(26)27(23,3)15-30)13-24(32)29-14-17-5-7-20-21(12-17)35-16-34-20/h5,7,12,18-19,22-23,30-31H,4,6,8-11,13-16H2,1-3H3,(H,28,33)(H,29,32)/t18-,19-,22-,23+,26-,27+/m1/s1. The molecule has 9 heteroatoms. The highest BCUT2D eigenvalue weighted by Gasteiger charge is 2.60. The number of carbonyl (C=O) groups is 2. The van der Waals surface area contributed by atoms with Crippen LogP contribution >= 0.6 is 0 Å². The summed E-state index contributed by atoms with van der Waals surface area (Å²) in [4.78, 5) is 25.3. The molecule has 9 nitrogen and oxygen atoms in total. The lowest BCUT2D eigenvalue weighted by Crippen LogP contribution is -2.61. The molecule has 1 aromatic carbocycles. The molecule has 1 aliphatic heterocycles. The van der Waals surface area contributed by atoms with Crippen molar-refractivity contribution in [1.82, 2.24) is 10.6 Å². The predicted molar refractivity (Wildman–Crippen MR) is 132 cm³/mol. The molecule has 0 radical (unpaired) electrons. The number of amides is 2. The summed E-state index contributed by atoms with van der Waals surface area (Å²) in [6, 6.07) is 5.59. The highest BCUT2D eigenvalue weighted by atomic mass is 16.7. The Morgan fingerprint density at radius 1 is 1.14 bits per heavy atom. The van der Waals surface area contributed by atoms with Gasteiger partial charge in [-0.25, -0.2) is 4.79 Å². The number of carbonyl (C=O) groups excluding carboxylic acids is 2. The summed E-state index contributed by atoms with van der Waals surface area (Å²) < 4.78 is 16.5. The number of fused-ring (bicyclic) bond motifs is 2. The third kappa shape index (κ3) is 5.13. The number of aliphatic hydroxyl groups excluding tert-OH is 2. The van der Waals surface area contributed by atoms with Crippen molar-refractivity contribution in [3.8, 4) is 11.5 Å². The third-order valence-corrected chi connectivity index (χ3v) is 8.78. The van der Waals surface area contributed by atoms with E-state index in [0.29, 0.717) is 50.3 Å². The number of hydrogen-bond acceptors (Lipinski definition) is 7. The Bertz CT molecular complexity index is 956. The quantitative estimate of drug-likeness (QED) is 0.428. The zero-order valence-electron chi connectivity index (χ0n) is 21.5. The number of nitrogens with one attached hydrogen (secondary N) is 2. The van der Waals surface area contributed by atoms with Crippen LogP contribution in [0.2, 0.25) is 0 Å². The Kier molecular flexibility index (Phi) is 7.99. The maximum absolute atomic E-state index is 13.0. The monoisotopic (exact) mass is 504 g/mol. The van der Waals surface area contributed by atoms with Gasteiger partial charge in [-0.3, -0.25) is 4.79 Å².